The van der Waals surface area contributed by atoms with E-state index < -0.39 is 0 Å². The highest BCUT2D eigenvalue weighted by atomic mass is 35.5. The van der Waals surface area contributed by atoms with Crippen molar-refractivity contribution in [1.29, 1.82) is 0 Å². The van der Waals surface area contributed by atoms with Crippen LogP contribution in [0.1, 0.15) is 57.9 Å². The molecule has 8 heteroatoms. The monoisotopic (exact) mass is 519 g/mol. The van der Waals surface area contributed by atoms with Crippen LogP contribution in [-0.2, 0) is 31.8 Å². The number of carbonyl (C=O) groups is 2. The second kappa shape index (κ2) is 13.2. The van der Waals surface area contributed by atoms with Crippen molar-refractivity contribution in [3.05, 3.63) is 62.3 Å². The minimum atomic E-state index is -0.311. The number of halogens is 1. The number of esters is 2. The maximum Gasteiger partial charge on any atom is 0.348 e. The number of piperidine rings is 1. The van der Waals surface area contributed by atoms with Crippen molar-refractivity contribution in [2.24, 2.45) is 0 Å². The summed E-state index contributed by atoms with van der Waals surface area (Å²) in [6.07, 6.45) is 3.88. The van der Waals surface area contributed by atoms with Crippen LogP contribution in [0.2, 0.25) is 0 Å². The number of rotatable bonds is 8. The van der Waals surface area contributed by atoms with E-state index >= 15 is 0 Å². The smallest absolute Gasteiger partial charge is 0.348 e. The van der Waals surface area contributed by atoms with Crippen LogP contribution in [0.15, 0.2) is 35.9 Å². The van der Waals surface area contributed by atoms with Crippen LogP contribution in [0.5, 0.6) is 0 Å². The summed E-state index contributed by atoms with van der Waals surface area (Å²) in [5.74, 6) is -0.537. The van der Waals surface area contributed by atoms with E-state index in [1.807, 2.05) is 6.92 Å². The Morgan fingerprint density at radius 1 is 0.971 bits per heavy atom. The van der Waals surface area contributed by atoms with Gasteiger partial charge in [0, 0.05) is 24.5 Å². The first-order valence-electron chi connectivity index (χ1n) is 12.2. The summed E-state index contributed by atoms with van der Waals surface area (Å²) in [5, 5.41) is 0. The van der Waals surface area contributed by atoms with Gasteiger partial charge in [0.15, 0.2) is 0 Å². The molecule has 35 heavy (non-hydrogen) atoms. The summed E-state index contributed by atoms with van der Waals surface area (Å²) in [6, 6.07) is 10.7. The van der Waals surface area contributed by atoms with Crippen LogP contribution in [0.3, 0.4) is 0 Å². The Balaban J connectivity index is 0.00000342. The predicted molar refractivity (Wildman–Crippen MR) is 141 cm³/mol. The number of carbonyl (C=O) groups excluding carboxylic acids is 2. The van der Waals surface area contributed by atoms with Crippen molar-refractivity contribution in [2.75, 3.05) is 46.1 Å². The third-order valence-electron chi connectivity index (χ3n) is 6.35. The van der Waals surface area contributed by atoms with E-state index in [0.29, 0.717) is 24.7 Å². The number of ether oxygens (including phenoxy) is 3. The van der Waals surface area contributed by atoms with Gasteiger partial charge in [-0.25, -0.2) is 9.59 Å². The molecule has 0 atom stereocenters. The normalized spacial score (nSPS) is 15.5. The van der Waals surface area contributed by atoms with E-state index in [-0.39, 0.29) is 31.0 Å². The van der Waals surface area contributed by atoms with Gasteiger partial charge >= 0.3 is 11.9 Å². The summed E-state index contributed by atoms with van der Waals surface area (Å²) < 4.78 is 15.7. The number of nitrogens with zero attached hydrogens (tertiary/aromatic N) is 1. The topological polar surface area (TPSA) is 65.1 Å². The lowest BCUT2D eigenvalue weighted by Crippen LogP contribution is -2.34. The molecule has 190 valence electrons. The number of thiophene rings is 1. The predicted octanol–water partition coefficient (Wildman–Crippen LogP) is 4.92. The SMILES string of the molecule is CCOC(=O)COCCN1CCC(=C2c3ccccc3CCc3sc(C(=O)OCC)cc32)CC1.Cl. The molecule has 1 aliphatic heterocycles. The molecule has 0 spiro atoms. The molecule has 2 aromatic rings. The Bertz CT molecular complexity index is 1050. The average molecular weight is 520 g/mol. The van der Waals surface area contributed by atoms with Crippen LogP contribution >= 0.6 is 23.7 Å². The Morgan fingerprint density at radius 2 is 1.71 bits per heavy atom. The first-order chi connectivity index (χ1) is 16.6. The third-order valence-corrected chi connectivity index (χ3v) is 7.53. The van der Waals surface area contributed by atoms with Crippen molar-refractivity contribution in [2.45, 2.75) is 39.5 Å². The Labute approximate surface area is 217 Å². The van der Waals surface area contributed by atoms with Crippen molar-refractivity contribution < 1.29 is 23.8 Å². The highest BCUT2D eigenvalue weighted by Gasteiger charge is 2.27. The quantitative estimate of drug-likeness (QED) is 0.364. The fourth-order valence-corrected chi connectivity index (χ4v) is 5.79. The summed E-state index contributed by atoms with van der Waals surface area (Å²) in [7, 11) is 0. The maximum absolute atomic E-state index is 12.4. The fraction of sp³-hybridized carbons (Fsp3) is 0.481. The standard InChI is InChI=1S/C27H33NO5S.ClH/c1-3-32-25(29)18-31-16-15-28-13-11-20(12-14-28)26-21-8-6-5-7-19(21)9-10-23-22(26)17-24(34-23)27(30)33-4-2;/h5-8,17H,3-4,9-16,18H2,1-2H3;1H. The number of likely N-dealkylation sites (tertiary alicyclic amines) is 1. The lowest BCUT2D eigenvalue weighted by molar-refractivity contribution is -0.148. The van der Waals surface area contributed by atoms with Gasteiger partial charge in [-0.3, -0.25) is 0 Å². The maximum atomic E-state index is 12.4. The molecule has 1 aliphatic carbocycles. The highest BCUT2D eigenvalue weighted by Crippen LogP contribution is 2.41. The Hall–Kier alpha value is -2.19. The summed E-state index contributed by atoms with van der Waals surface area (Å²) in [4.78, 5) is 28.2. The van der Waals surface area contributed by atoms with Gasteiger partial charge in [0.25, 0.3) is 0 Å². The molecule has 0 amide bonds. The van der Waals surface area contributed by atoms with Gasteiger partial charge in [0.1, 0.15) is 11.5 Å². The van der Waals surface area contributed by atoms with Gasteiger partial charge < -0.3 is 19.1 Å². The minimum Gasteiger partial charge on any atom is -0.464 e. The molecule has 0 unspecified atom stereocenters. The highest BCUT2D eigenvalue weighted by molar-refractivity contribution is 7.14. The van der Waals surface area contributed by atoms with Gasteiger partial charge in [-0.15, -0.1) is 23.7 Å². The molecule has 0 radical (unpaired) electrons. The minimum absolute atomic E-state index is 0. The van der Waals surface area contributed by atoms with E-state index in [9.17, 15) is 9.59 Å². The van der Waals surface area contributed by atoms with E-state index in [2.05, 4.69) is 35.2 Å². The van der Waals surface area contributed by atoms with Crippen LogP contribution in [0, 0.1) is 0 Å². The third kappa shape index (κ3) is 6.73. The molecule has 6 nitrogen and oxygen atoms in total. The van der Waals surface area contributed by atoms with Gasteiger partial charge in [0.2, 0.25) is 0 Å². The molecule has 0 saturated carbocycles. The zero-order valence-electron chi connectivity index (χ0n) is 20.5. The molecule has 1 aromatic heterocycles. The van der Waals surface area contributed by atoms with Gasteiger partial charge in [-0.05, 0) is 67.9 Å². The molecule has 0 bridgehead atoms. The van der Waals surface area contributed by atoms with Crippen LogP contribution in [0.25, 0.3) is 5.57 Å². The molecule has 1 aromatic carbocycles. The zero-order chi connectivity index (χ0) is 23.9. The number of benzene rings is 1. The van der Waals surface area contributed by atoms with E-state index in [0.717, 1.165) is 45.3 Å². The molecule has 1 saturated heterocycles. The van der Waals surface area contributed by atoms with Crippen LogP contribution < -0.4 is 0 Å². The second-order valence-electron chi connectivity index (χ2n) is 8.50. The lowest BCUT2D eigenvalue weighted by Gasteiger charge is -2.30. The van der Waals surface area contributed by atoms with Crippen molar-refractivity contribution in [3.8, 4) is 0 Å². The van der Waals surface area contributed by atoms with E-state index in [1.165, 1.54) is 32.7 Å². The molecular formula is C27H34ClNO5S. The lowest BCUT2D eigenvalue weighted by atomic mass is 9.87. The largest absolute Gasteiger partial charge is 0.464 e. The Morgan fingerprint density at radius 3 is 2.46 bits per heavy atom. The van der Waals surface area contributed by atoms with E-state index in [1.54, 1.807) is 18.3 Å². The van der Waals surface area contributed by atoms with Crippen molar-refractivity contribution >= 4 is 41.3 Å². The van der Waals surface area contributed by atoms with Crippen molar-refractivity contribution in [1.82, 2.24) is 4.90 Å². The Kier molecular flexibility index (Phi) is 10.3. The van der Waals surface area contributed by atoms with Gasteiger partial charge in [0.05, 0.1) is 19.8 Å². The van der Waals surface area contributed by atoms with Gasteiger partial charge in [-0.2, -0.15) is 0 Å². The van der Waals surface area contributed by atoms with Gasteiger partial charge in [-0.1, -0.05) is 29.8 Å². The molecule has 4 rings (SSSR count). The molecule has 2 heterocycles. The second-order valence-corrected chi connectivity index (χ2v) is 9.64. The fourth-order valence-electron chi connectivity index (χ4n) is 4.73. The number of aryl methyl sites for hydroxylation is 2. The first kappa shape index (κ1) is 27.4. The molecular weight excluding hydrogens is 486 g/mol. The number of hydrogen-bond acceptors (Lipinski definition) is 7. The van der Waals surface area contributed by atoms with Crippen LogP contribution in [-0.4, -0.2) is 62.9 Å². The van der Waals surface area contributed by atoms with Crippen molar-refractivity contribution in [3.63, 3.8) is 0 Å². The molecule has 1 fully saturated rings. The number of hydrogen-bond donors (Lipinski definition) is 0. The summed E-state index contributed by atoms with van der Waals surface area (Å²) >= 11 is 1.58. The zero-order valence-corrected chi connectivity index (χ0v) is 22.1. The first-order valence-corrected chi connectivity index (χ1v) is 13.0. The summed E-state index contributed by atoms with van der Waals surface area (Å²) in [6.45, 7) is 7.64. The van der Waals surface area contributed by atoms with Crippen LogP contribution in [0.4, 0.5) is 0 Å². The summed E-state index contributed by atoms with van der Waals surface area (Å²) in [5.41, 5.74) is 6.65. The average Bonchev–Trinajstić information content (AvgIpc) is 3.20. The number of fused-ring (bicyclic) bond motifs is 2. The van der Waals surface area contributed by atoms with E-state index in [4.69, 9.17) is 14.2 Å². The molecule has 2 aliphatic rings. The molecule has 0 N–H and O–H groups in total.